The summed E-state index contributed by atoms with van der Waals surface area (Å²) in [6.07, 6.45) is 0.592. The fourth-order valence-electron chi connectivity index (χ4n) is 3.20. The fraction of sp³-hybridized carbons (Fsp3) is 0.364. The van der Waals surface area contributed by atoms with Gasteiger partial charge < -0.3 is 25.4 Å². The van der Waals surface area contributed by atoms with Crippen LogP contribution in [0.3, 0.4) is 0 Å². The van der Waals surface area contributed by atoms with Gasteiger partial charge in [-0.3, -0.25) is 9.59 Å². The summed E-state index contributed by atoms with van der Waals surface area (Å²) in [4.78, 5) is 26.0. The quantitative estimate of drug-likeness (QED) is 0.419. The van der Waals surface area contributed by atoms with E-state index < -0.39 is 30.9 Å². The molecule has 0 heterocycles. The van der Waals surface area contributed by atoms with Gasteiger partial charge in [0, 0.05) is 11.4 Å². The first kappa shape index (κ1) is 24.7. The van der Waals surface area contributed by atoms with Crippen LogP contribution in [0.2, 0.25) is 5.02 Å². The smallest absolute Gasteiger partial charge is 0.475 e. The van der Waals surface area contributed by atoms with Crippen LogP contribution in [-0.4, -0.2) is 48.1 Å². The first-order valence-corrected chi connectivity index (χ1v) is 10.4. The third kappa shape index (κ3) is 7.58. The van der Waals surface area contributed by atoms with Crippen LogP contribution in [0.5, 0.6) is 5.75 Å². The number of carbonyl (C=O) groups excluding carboxylic acids is 2. The average Bonchev–Trinajstić information content (AvgIpc) is 2.73. The highest BCUT2D eigenvalue weighted by Crippen LogP contribution is 2.22. The van der Waals surface area contributed by atoms with Crippen LogP contribution in [0.25, 0.3) is 0 Å². The van der Waals surface area contributed by atoms with E-state index in [1.165, 1.54) is 13.2 Å². The van der Waals surface area contributed by atoms with Crippen molar-refractivity contribution in [1.29, 1.82) is 0 Å². The molecule has 9 heteroatoms. The second kappa shape index (κ2) is 11.7. The number of hydrogen-bond acceptors (Lipinski definition) is 5. The van der Waals surface area contributed by atoms with E-state index in [9.17, 15) is 19.6 Å². The Morgan fingerprint density at radius 2 is 1.77 bits per heavy atom. The maximum Gasteiger partial charge on any atom is 0.475 e. The Balaban J connectivity index is 2.27. The molecule has 0 radical (unpaired) electrons. The van der Waals surface area contributed by atoms with Gasteiger partial charge >= 0.3 is 7.12 Å². The van der Waals surface area contributed by atoms with Gasteiger partial charge in [0.05, 0.1) is 18.6 Å². The van der Waals surface area contributed by atoms with Gasteiger partial charge in [-0.05, 0) is 36.1 Å². The van der Waals surface area contributed by atoms with E-state index in [0.717, 1.165) is 5.56 Å². The molecule has 2 amide bonds. The molecule has 0 unspecified atom stereocenters. The minimum Gasteiger partial charge on any atom is -0.496 e. The molecule has 0 spiro atoms. The molecular formula is C22H28BClN2O5. The van der Waals surface area contributed by atoms with E-state index in [0.29, 0.717) is 17.2 Å². The number of nitrogens with one attached hydrogen (secondary N) is 2. The summed E-state index contributed by atoms with van der Waals surface area (Å²) in [7, 11) is -0.277. The number of halogens is 1. The van der Waals surface area contributed by atoms with Gasteiger partial charge in [-0.15, -0.1) is 0 Å². The van der Waals surface area contributed by atoms with Gasteiger partial charge in [0.25, 0.3) is 5.91 Å². The monoisotopic (exact) mass is 446 g/mol. The number of methoxy groups -OCH3 is 1. The Morgan fingerprint density at radius 3 is 2.35 bits per heavy atom. The Kier molecular flexibility index (Phi) is 9.36. The molecule has 0 bridgehead atoms. The standard InChI is InChI=1S/C22H28BClN2O5/c1-14(2)11-20(23(29)30)26-22(28)18(12-15-7-5-4-6-8-15)25-21(27)17-13-16(24)9-10-19(17)31-3/h4-10,13-14,18,20,29-30H,11-12H2,1-3H3,(H,25,27)(H,26,28)/t18-,20-/m0/s1. The van der Waals surface area contributed by atoms with Crippen molar-refractivity contribution in [1.82, 2.24) is 10.6 Å². The molecule has 0 aromatic heterocycles. The predicted molar refractivity (Wildman–Crippen MR) is 121 cm³/mol. The van der Waals surface area contributed by atoms with Gasteiger partial charge in [-0.2, -0.15) is 0 Å². The number of ether oxygens (including phenoxy) is 1. The van der Waals surface area contributed by atoms with E-state index >= 15 is 0 Å². The number of carbonyl (C=O) groups is 2. The summed E-state index contributed by atoms with van der Waals surface area (Å²) in [5, 5.41) is 25.1. The van der Waals surface area contributed by atoms with Crippen molar-refractivity contribution in [2.45, 2.75) is 38.7 Å². The van der Waals surface area contributed by atoms with Crippen LogP contribution in [0.4, 0.5) is 0 Å². The summed E-state index contributed by atoms with van der Waals surface area (Å²) < 4.78 is 5.24. The summed E-state index contributed by atoms with van der Waals surface area (Å²) in [5.74, 6) is -1.45. The van der Waals surface area contributed by atoms with E-state index in [2.05, 4.69) is 10.6 Å². The van der Waals surface area contributed by atoms with Crippen molar-refractivity contribution < 1.29 is 24.4 Å². The van der Waals surface area contributed by atoms with Crippen LogP contribution < -0.4 is 15.4 Å². The second-order valence-corrected chi connectivity index (χ2v) is 8.16. The Morgan fingerprint density at radius 1 is 1.10 bits per heavy atom. The molecule has 166 valence electrons. The van der Waals surface area contributed by atoms with Crippen LogP contribution in [0.15, 0.2) is 48.5 Å². The zero-order valence-electron chi connectivity index (χ0n) is 17.8. The number of benzene rings is 2. The highest BCUT2D eigenvalue weighted by Gasteiger charge is 2.30. The molecule has 2 aromatic carbocycles. The molecule has 2 aromatic rings. The number of rotatable bonds is 10. The van der Waals surface area contributed by atoms with Gasteiger partial charge in [0.15, 0.2) is 0 Å². The first-order valence-electron chi connectivity index (χ1n) is 10.1. The highest BCUT2D eigenvalue weighted by molar-refractivity contribution is 6.43. The molecule has 0 saturated heterocycles. The zero-order chi connectivity index (χ0) is 23.0. The van der Waals surface area contributed by atoms with Crippen LogP contribution >= 0.6 is 11.6 Å². The van der Waals surface area contributed by atoms with Gasteiger partial charge in [0.2, 0.25) is 5.91 Å². The zero-order valence-corrected chi connectivity index (χ0v) is 18.6. The summed E-state index contributed by atoms with van der Waals surface area (Å²) in [6.45, 7) is 3.83. The van der Waals surface area contributed by atoms with Gasteiger partial charge in [-0.25, -0.2) is 0 Å². The van der Waals surface area contributed by atoms with Crippen molar-refractivity contribution in [3.8, 4) is 5.75 Å². The molecule has 7 nitrogen and oxygen atoms in total. The SMILES string of the molecule is COc1ccc(Cl)cc1C(=O)N[C@@H](Cc1ccccc1)C(=O)N[C@@H](CC(C)C)B(O)O. The molecule has 0 fully saturated rings. The van der Waals surface area contributed by atoms with Crippen molar-refractivity contribution in [2.24, 2.45) is 5.92 Å². The fourth-order valence-corrected chi connectivity index (χ4v) is 3.37. The summed E-state index contributed by atoms with van der Waals surface area (Å²) in [6, 6.07) is 12.9. The molecule has 0 aliphatic heterocycles. The van der Waals surface area contributed by atoms with E-state index in [1.807, 2.05) is 44.2 Å². The maximum atomic E-state index is 13.0. The molecule has 2 rings (SSSR count). The van der Waals surface area contributed by atoms with Crippen molar-refractivity contribution in [3.05, 3.63) is 64.7 Å². The molecule has 0 aliphatic rings. The topological polar surface area (TPSA) is 108 Å². The molecule has 0 aliphatic carbocycles. The van der Waals surface area contributed by atoms with Gasteiger partial charge in [0.1, 0.15) is 11.8 Å². The number of amides is 2. The lowest BCUT2D eigenvalue weighted by atomic mass is 9.75. The normalized spacial score (nSPS) is 12.7. The molecular weight excluding hydrogens is 419 g/mol. The minimum absolute atomic E-state index is 0.130. The molecule has 31 heavy (non-hydrogen) atoms. The summed E-state index contributed by atoms with van der Waals surface area (Å²) in [5.41, 5.74) is 1.03. The first-order chi connectivity index (χ1) is 14.7. The lowest BCUT2D eigenvalue weighted by molar-refractivity contribution is -0.123. The van der Waals surface area contributed by atoms with Crippen LogP contribution in [0, 0.1) is 5.92 Å². The minimum atomic E-state index is -1.72. The average molecular weight is 447 g/mol. The molecule has 2 atom stereocenters. The highest BCUT2D eigenvalue weighted by atomic mass is 35.5. The maximum absolute atomic E-state index is 13.0. The lowest BCUT2D eigenvalue weighted by Crippen LogP contribution is -2.55. The summed E-state index contributed by atoms with van der Waals surface area (Å²) >= 11 is 6.03. The van der Waals surface area contributed by atoms with Crippen molar-refractivity contribution in [2.75, 3.05) is 7.11 Å². The predicted octanol–water partition coefficient (Wildman–Crippen LogP) is 2.23. The Labute approximate surface area is 187 Å². The third-order valence-corrected chi connectivity index (χ3v) is 4.96. The van der Waals surface area contributed by atoms with Gasteiger partial charge in [-0.1, -0.05) is 55.8 Å². The largest absolute Gasteiger partial charge is 0.496 e. The van der Waals surface area contributed by atoms with Crippen LogP contribution in [0.1, 0.15) is 36.2 Å². The Hall–Kier alpha value is -2.55. The van der Waals surface area contributed by atoms with Crippen molar-refractivity contribution in [3.63, 3.8) is 0 Å². The van der Waals surface area contributed by atoms with E-state index in [1.54, 1.807) is 12.1 Å². The van der Waals surface area contributed by atoms with E-state index in [4.69, 9.17) is 16.3 Å². The second-order valence-electron chi connectivity index (χ2n) is 7.72. The van der Waals surface area contributed by atoms with E-state index in [-0.39, 0.29) is 17.9 Å². The lowest BCUT2D eigenvalue weighted by Gasteiger charge is -2.24. The molecule has 0 saturated carbocycles. The molecule has 4 N–H and O–H groups in total. The third-order valence-electron chi connectivity index (χ3n) is 4.72. The van der Waals surface area contributed by atoms with Crippen LogP contribution in [-0.2, 0) is 11.2 Å². The Bertz CT molecular complexity index is 879. The number of hydrogen-bond donors (Lipinski definition) is 4. The van der Waals surface area contributed by atoms with Crippen molar-refractivity contribution >= 4 is 30.5 Å².